The summed E-state index contributed by atoms with van der Waals surface area (Å²) in [5, 5.41) is 7.93. The van der Waals surface area contributed by atoms with Crippen LogP contribution in [0.3, 0.4) is 0 Å². The summed E-state index contributed by atoms with van der Waals surface area (Å²) in [6, 6.07) is 13.0. The van der Waals surface area contributed by atoms with E-state index in [1.165, 1.54) is 6.07 Å². The third-order valence-corrected chi connectivity index (χ3v) is 4.70. The van der Waals surface area contributed by atoms with Crippen molar-refractivity contribution in [1.82, 2.24) is 9.78 Å². The number of benzene rings is 2. The van der Waals surface area contributed by atoms with Crippen LogP contribution in [0.15, 0.2) is 54.7 Å². The zero-order chi connectivity index (χ0) is 21.7. The van der Waals surface area contributed by atoms with E-state index >= 15 is 0 Å². The van der Waals surface area contributed by atoms with E-state index in [1.807, 2.05) is 0 Å². The van der Waals surface area contributed by atoms with Crippen molar-refractivity contribution in [2.75, 3.05) is 11.9 Å². The van der Waals surface area contributed by atoms with E-state index in [4.69, 9.17) is 23.2 Å². The molecular formula is C20H16Cl2F3N3O2. The van der Waals surface area contributed by atoms with Crippen molar-refractivity contribution in [2.24, 2.45) is 0 Å². The minimum absolute atomic E-state index is 0.256. The third kappa shape index (κ3) is 6.22. The lowest BCUT2D eigenvalue weighted by Gasteiger charge is -2.09. The van der Waals surface area contributed by atoms with Gasteiger partial charge in [-0.2, -0.15) is 18.3 Å². The van der Waals surface area contributed by atoms with Gasteiger partial charge in [-0.3, -0.25) is 9.48 Å². The molecule has 3 rings (SSSR count). The van der Waals surface area contributed by atoms with Gasteiger partial charge in [-0.05, 0) is 29.8 Å². The highest BCUT2D eigenvalue weighted by atomic mass is 35.5. The average molecular weight is 458 g/mol. The fourth-order valence-corrected chi connectivity index (χ4v) is 3.15. The largest absolute Gasteiger partial charge is 0.411 e. The van der Waals surface area contributed by atoms with Crippen LogP contribution in [0, 0.1) is 0 Å². The number of ether oxygens (including phenoxy) is 1. The monoisotopic (exact) mass is 457 g/mol. The van der Waals surface area contributed by atoms with Crippen LogP contribution in [0.25, 0.3) is 0 Å². The Morgan fingerprint density at radius 2 is 1.80 bits per heavy atom. The topological polar surface area (TPSA) is 56.2 Å². The Labute approximate surface area is 180 Å². The van der Waals surface area contributed by atoms with Crippen LogP contribution in [-0.4, -0.2) is 28.5 Å². The average Bonchev–Trinajstić information content (AvgIpc) is 3.11. The highest BCUT2D eigenvalue weighted by Crippen LogP contribution is 2.25. The predicted octanol–water partition coefficient (Wildman–Crippen LogP) is 5.57. The standard InChI is InChI=1S/C20H16Cl2F3N3O2/c21-16-5-2-6-17(22)15(16)10-28-8-7-18(27-28)26-19(29)14-4-1-3-13(9-14)11-30-12-20(23,24)25/h1-9H,10-12H2,(H,26,27,29). The molecule has 0 aliphatic carbocycles. The zero-order valence-electron chi connectivity index (χ0n) is 15.4. The first-order chi connectivity index (χ1) is 14.2. The van der Waals surface area contributed by atoms with Crippen LogP contribution >= 0.6 is 23.2 Å². The molecule has 0 spiro atoms. The number of carbonyl (C=O) groups is 1. The van der Waals surface area contributed by atoms with Gasteiger partial charge in [0.15, 0.2) is 5.82 Å². The second-order valence-corrected chi connectivity index (χ2v) is 7.18. The Morgan fingerprint density at radius 3 is 2.50 bits per heavy atom. The van der Waals surface area contributed by atoms with Gasteiger partial charge in [0, 0.05) is 33.4 Å². The number of anilines is 1. The van der Waals surface area contributed by atoms with Crippen LogP contribution in [-0.2, 0) is 17.9 Å². The summed E-state index contributed by atoms with van der Waals surface area (Å²) in [4.78, 5) is 12.5. The SMILES string of the molecule is O=C(Nc1ccn(Cc2c(Cl)cccc2Cl)n1)c1cccc(COCC(F)(F)F)c1. The lowest BCUT2D eigenvalue weighted by Crippen LogP contribution is -2.17. The predicted molar refractivity (Wildman–Crippen MR) is 108 cm³/mol. The van der Waals surface area contributed by atoms with E-state index in [0.717, 1.165) is 0 Å². The van der Waals surface area contributed by atoms with Crippen molar-refractivity contribution in [2.45, 2.75) is 19.3 Å². The first kappa shape index (κ1) is 22.1. The highest BCUT2D eigenvalue weighted by molar-refractivity contribution is 6.35. The molecule has 0 aliphatic heterocycles. The third-order valence-electron chi connectivity index (χ3n) is 3.99. The second-order valence-electron chi connectivity index (χ2n) is 6.36. The molecule has 1 amide bonds. The Morgan fingerprint density at radius 1 is 1.10 bits per heavy atom. The molecule has 1 aromatic heterocycles. The van der Waals surface area contributed by atoms with Crippen molar-refractivity contribution in [3.8, 4) is 0 Å². The molecular weight excluding hydrogens is 442 g/mol. The summed E-state index contributed by atoms with van der Waals surface area (Å²) < 4.78 is 42.7. The van der Waals surface area contributed by atoms with Crippen molar-refractivity contribution in [1.29, 1.82) is 0 Å². The smallest absolute Gasteiger partial charge is 0.367 e. The van der Waals surface area contributed by atoms with Gasteiger partial charge in [0.2, 0.25) is 0 Å². The molecule has 0 saturated heterocycles. The van der Waals surface area contributed by atoms with Crippen molar-refractivity contribution < 1.29 is 22.7 Å². The molecule has 0 unspecified atom stereocenters. The summed E-state index contributed by atoms with van der Waals surface area (Å²) in [5.41, 5.74) is 1.42. The van der Waals surface area contributed by atoms with Gasteiger partial charge in [0.1, 0.15) is 6.61 Å². The number of alkyl halides is 3. The molecule has 0 aliphatic rings. The first-order valence-electron chi connectivity index (χ1n) is 8.72. The molecule has 30 heavy (non-hydrogen) atoms. The number of nitrogens with zero attached hydrogens (tertiary/aromatic N) is 2. The van der Waals surface area contributed by atoms with Crippen LogP contribution in [0.5, 0.6) is 0 Å². The van der Waals surface area contributed by atoms with E-state index in [2.05, 4.69) is 15.2 Å². The second kappa shape index (κ2) is 9.51. The number of amides is 1. The van der Waals surface area contributed by atoms with Gasteiger partial charge < -0.3 is 10.1 Å². The summed E-state index contributed by atoms with van der Waals surface area (Å²) in [5.74, 6) is -0.143. The van der Waals surface area contributed by atoms with Crippen LogP contribution in [0.1, 0.15) is 21.5 Å². The van der Waals surface area contributed by atoms with Crippen molar-refractivity contribution in [3.63, 3.8) is 0 Å². The summed E-state index contributed by atoms with van der Waals surface area (Å²) in [6.45, 7) is -1.29. The molecule has 0 saturated carbocycles. The maximum Gasteiger partial charge on any atom is 0.411 e. The molecule has 2 aromatic carbocycles. The zero-order valence-corrected chi connectivity index (χ0v) is 16.9. The lowest BCUT2D eigenvalue weighted by molar-refractivity contribution is -0.176. The van der Waals surface area contributed by atoms with Crippen LogP contribution in [0.4, 0.5) is 19.0 Å². The number of halogens is 5. The van der Waals surface area contributed by atoms with Crippen molar-refractivity contribution >= 4 is 34.9 Å². The Hall–Kier alpha value is -2.55. The molecule has 10 heteroatoms. The van der Waals surface area contributed by atoms with Gasteiger partial charge in [0.05, 0.1) is 13.2 Å². The van der Waals surface area contributed by atoms with Gasteiger partial charge >= 0.3 is 6.18 Å². The van der Waals surface area contributed by atoms with E-state index < -0.39 is 18.7 Å². The highest BCUT2D eigenvalue weighted by Gasteiger charge is 2.27. The quantitative estimate of drug-likeness (QED) is 0.504. The van der Waals surface area contributed by atoms with E-state index in [1.54, 1.807) is 53.3 Å². The van der Waals surface area contributed by atoms with Gasteiger partial charge in [-0.25, -0.2) is 0 Å². The summed E-state index contributed by atoms with van der Waals surface area (Å²) in [6.07, 6.45) is -2.74. The molecule has 0 fully saturated rings. The van der Waals surface area contributed by atoms with Gasteiger partial charge in [0.25, 0.3) is 5.91 Å². The normalized spacial score (nSPS) is 11.5. The number of nitrogens with one attached hydrogen (secondary N) is 1. The minimum Gasteiger partial charge on any atom is -0.367 e. The van der Waals surface area contributed by atoms with E-state index in [-0.39, 0.29) is 12.2 Å². The number of rotatable bonds is 7. The molecule has 0 radical (unpaired) electrons. The minimum atomic E-state index is -4.40. The van der Waals surface area contributed by atoms with Crippen LogP contribution < -0.4 is 5.32 Å². The molecule has 5 nitrogen and oxygen atoms in total. The van der Waals surface area contributed by atoms with Crippen LogP contribution in [0.2, 0.25) is 10.0 Å². The Bertz CT molecular complexity index is 1020. The molecule has 1 N–H and O–H groups in total. The summed E-state index contributed by atoms with van der Waals surface area (Å²) >= 11 is 12.3. The van der Waals surface area contributed by atoms with E-state index in [0.29, 0.717) is 33.5 Å². The molecule has 1 heterocycles. The van der Waals surface area contributed by atoms with E-state index in [9.17, 15) is 18.0 Å². The fraction of sp³-hybridized carbons (Fsp3) is 0.200. The summed E-state index contributed by atoms with van der Waals surface area (Å²) in [7, 11) is 0. The molecule has 0 atom stereocenters. The molecule has 3 aromatic rings. The van der Waals surface area contributed by atoms with Gasteiger partial charge in [-0.1, -0.05) is 41.4 Å². The number of carbonyl (C=O) groups excluding carboxylic acids is 1. The molecule has 0 bridgehead atoms. The maximum atomic E-state index is 12.5. The first-order valence-corrected chi connectivity index (χ1v) is 9.48. The van der Waals surface area contributed by atoms with Crippen molar-refractivity contribution in [3.05, 3.63) is 81.5 Å². The Balaban J connectivity index is 1.62. The Kier molecular flexibility index (Phi) is 7.02. The fourth-order valence-electron chi connectivity index (χ4n) is 2.64. The maximum absolute atomic E-state index is 12.5. The number of hydrogen-bond acceptors (Lipinski definition) is 3. The number of aromatic nitrogens is 2. The number of hydrogen-bond donors (Lipinski definition) is 1. The van der Waals surface area contributed by atoms with Gasteiger partial charge in [-0.15, -0.1) is 0 Å². The molecule has 158 valence electrons. The lowest BCUT2D eigenvalue weighted by atomic mass is 10.1.